The molecule has 0 unspecified atom stereocenters. The molecule has 0 fully saturated rings. The number of nitrogens with zero attached hydrogens (tertiary/aromatic N) is 2. The highest BCUT2D eigenvalue weighted by atomic mass is 15.1. The van der Waals surface area contributed by atoms with Gasteiger partial charge in [-0.3, -0.25) is 0 Å². The van der Waals surface area contributed by atoms with E-state index in [0.29, 0.717) is 0 Å². The lowest BCUT2D eigenvalue weighted by Gasteiger charge is -2.15. The number of benzene rings is 1. The lowest BCUT2D eigenvalue weighted by molar-refractivity contribution is 0.345. The number of aryl methyl sites for hydroxylation is 2. The molecule has 1 aromatic heterocycles. The van der Waals surface area contributed by atoms with Gasteiger partial charge in [-0.25, -0.2) is 0 Å². The average molecular weight is 258 g/mol. The molecule has 0 radical (unpaired) electrons. The quantitative estimate of drug-likeness (QED) is 0.787. The molecule has 0 saturated carbocycles. The second-order valence-corrected chi connectivity index (χ2v) is 5.37. The molecule has 0 spiro atoms. The maximum atomic E-state index is 2.48. The minimum atomic E-state index is 1.05. The molecule has 1 heterocycles. The first-order valence-corrected chi connectivity index (χ1v) is 7.41. The van der Waals surface area contributed by atoms with Crippen LogP contribution >= 0.6 is 0 Å². The Kier molecular flexibility index (Phi) is 4.31. The molecular weight excluding hydrogens is 232 g/mol. The Balaban J connectivity index is 2.66. The molecular formula is C17H26N2. The second-order valence-electron chi connectivity index (χ2n) is 5.37. The Morgan fingerprint density at radius 3 is 2.47 bits per heavy atom. The fourth-order valence-corrected chi connectivity index (χ4v) is 2.91. The Labute approximate surface area is 117 Å². The third kappa shape index (κ3) is 2.55. The molecule has 2 rings (SSSR count). The number of hydrogen-bond donors (Lipinski definition) is 0. The van der Waals surface area contributed by atoms with E-state index in [1.807, 2.05) is 0 Å². The molecule has 0 aliphatic carbocycles. The number of hydrogen-bond acceptors (Lipinski definition) is 1. The van der Waals surface area contributed by atoms with Gasteiger partial charge in [0.2, 0.25) is 0 Å². The van der Waals surface area contributed by atoms with E-state index in [1.54, 1.807) is 0 Å². The van der Waals surface area contributed by atoms with E-state index in [0.717, 1.165) is 26.1 Å². The largest absolute Gasteiger partial charge is 0.345 e. The standard InChI is InChI=1S/C17H26N2/c1-6-16-15(12-18(5)7-2)14-11-13(4)9-10-17(14)19(16)8-3/h9-11H,6-8,12H2,1-5H3. The minimum absolute atomic E-state index is 1.05. The van der Waals surface area contributed by atoms with Crippen LogP contribution in [0.5, 0.6) is 0 Å². The molecule has 1 aromatic carbocycles. The third-order valence-electron chi connectivity index (χ3n) is 4.06. The zero-order chi connectivity index (χ0) is 14.0. The van der Waals surface area contributed by atoms with Gasteiger partial charge in [-0.1, -0.05) is 25.5 Å². The van der Waals surface area contributed by atoms with Crippen LogP contribution in [0.4, 0.5) is 0 Å². The smallest absolute Gasteiger partial charge is 0.0485 e. The summed E-state index contributed by atoms with van der Waals surface area (Å²) in [5.41, 5.74) is 5.77. The zero-order valence-electron chi connectivity index (χ0n) is 13.0. The van der Waals surface area contributed by atoms with Crippen LogP contribution in [-0.4, -0.2) is 23.1 Å². The van der Waals surface area contributed by atoms with Crippen LogP contribution in [0.25, 0.3) is 10.9 Å². The Bertz CT molecular complexity index is 566. The fraction of sp³-hybridized carbons (Fsp3) is 0.529. The van der Waals surface area contributed by atoms with Crippen molar-refractivity contribution >= 4 is 10.9 Å². The van der Waals surface area contributed by atoms with E-state index in [2.05, 4.69) is 62.4 Å². The molecule has 0 aliphatic rings. The Morgan fingerprint density at radius 1 is 1.16 bits per heavy atom. The maximum absolute atomic E-state index is 2.48. The minimum Gasteiger partial charge on any atom is -0.345 e. The van der Waals surface area contributed by atoms with Crippen molar-refractivity contribution in [2.24, 2.45) is 0 Å². The lowest BCUT2D eigenvalue weighted by atomic mass is 10.1. The van der Waals surface area contributed by atoms with Gasteiger partial charge in [-0.15, -0.1) is 0 Å². The number of fused-ring (bicyclic) bond motifs is 1. The lowest BCUT2D eigenvalue weighted by Crippen LogP contribution is -2.17. The van der Waals surface area contributed by atoms with E-state index in [1.165, 1.54) is 27.7 Å². The van der Waals surface area contributed by atoms with Crippen LogP contribution < -0.4 is 0 Å². The van der Waals surface area contributed by atoms with Crippen molar-refractivity contribution in [1.29, 1.82) is 0 Å². The van der Waals surface area contributed by atoms with Crippen LogP contribution in [0.2, 0.25) is 0 Å². The Hall–Kier alpha value is -1.28. The first kappa shape index (κ1) is 14.1. The summed E-state index contributed by atoms with van der Waals surface area (Å²) in [6, 6.07) is 6.85. The molecule has 0 amide bonds. The van der Waals surface area contributed by atoms with E-state index < -0.39 is 0 Å². The topological polar surface area (TPSA) is 8.17 Å². The molecule has 0 bridgehead atoms. The van der Waals surface area contributed by atoms with Gasteiger partial charge in [-0.2, -0.15) is 0 Å². The highest BCUT2D eigenvalue weighted by Crippen LogP contribution is 2.28. The van der Waals surface area contributed by atoms with Gasteiger partial charge in [-0.05, 0) is 51.6 Å². The highest BCUT2D eigenvalue weighted by Gasteiger charge is 2.15. The summed E-state index contributed by atoms with van der Waals surface area (Å²) in [6.45, 7) is 12.1. The van der Waals surface area contributed by atoms with Gasteiger partial charge in [0.25, 0.3) is 0 Å². The van der Waals surface area contributed by atoms with Crippen LogP contribution in [-0.2, 0) is 19.5 Å². The number of aromatic nitrogens is 1. The Morgan fingerprint density at radius 2 is 1.89 bits per heavy atom. The molecule has 0 atom stereocenters. The zero-order valence-corrected chi connectivity index (χ0v) is 13.0. The van der Waals surface area contributed by atoms with Crippen LogP contribution in [0, 0.1) is 6.92 Å². The van der Waals surface area contributed by atoms with Crippen molar-refractivity contribution in [3.63, 3.8) is 0 Å². The van der Waals surface area contributed by atoms with Crippen molar-refractivity contribution in [3.8, 4) is 0 Å². The first-order chi connectivity index (χ1) is 9.12. The predicted molar refractivity (Wildman–Crippen MR) is 83.7 cm³/mol. The monoisotopic (exact) mass is 258 g/mol. The average Bonchev–Trinajstić information content (AvgIpc) is 2.71. The van der Waals surface area contributed by atoms with E-state index >= 15 is 0 Å². The summed E-state index contributed by atoms with van der Waals surface area (Å²) in [7, 11) is 2.20. The summed E-state index contributed by atoms with van der Waals surface area (Å²) in [4.78, 5) is 2.39. The second kappa shape index (κ2) is 5.79. The summed E-state index contributed by atoms with van der Waals surface area (Å²) < 4.78 is 2.48. The van der Waals surface area contributed by atoms with Crippen LogP contribution in [0.3, 0.4) is 0 Å². The van der Waals surface area contributed by atoms with E-state index in [9.17, 15) is 0 Å². The third-order valence-corrected chi connectivity index (χ3v) is 4.06. The molecule has 104 valence electrons. The maximum Gasteiger partial charge on any atom is 0.0485 e. The molecule has 19 heavy (non-hydrogen) atoms. The molecule has 2 heteroatoms. The van der Waals surface area contributed by atoms with Crippen molar-refractivity contribution in [2.45, 2.75) is 47.2 Å². The predicted octanol–water partition coefficient (Wildman–Crippen LogP) is 3.98. The summed E-state index contributed by atoms with van der Waals surface area (Å²) >= 11 is 0. The molecule has 2 aromatic rings. The first-order valence-electron chi connectivity index (χ1n) is 7.41. The molecule has 0 aliphatic heterocycles. The van der Waals surface area contributed by atoms with Gasteiger partial charge in [0.05, 0.1) is 0 Å². The van der Waals surface area contributed by atoms with E-state index in [4.69, 9.17) is 0 Å². The van der Waals surface area contributed by atoms with Crippen molar-refractivity contribution in [3.05, 3.63) is 35.0 Å². The van der Waals surface area contributed by atoms with Gasteiger partial charge in [0, 0.05) is 29.7 Å². The highest BCUT2D eigenvalue weighted by molar-refractivity contribution is 5.86. The molecule has 0 saturated heterocycles. The van der Waals surface area contributed by atoms with Gasteiger partial charge in [0.1, 0.15) is 0 Å². The fourth-order valence-electron chi connectivity index (χ4n) is 2.91. The summed E-state index contributed by atoms with van der Waals surface area (Å²) in [5.74, 6) is 0. The van der Waals surface area contributed by atoms with Crippen LogP contribution in [0.1, 0.15) is 37.6 Å². The molecule has 0 N–H and O–H groups in total. The molecule has 2 nitrogen and oxygen atoms in total. The van der Waals surface area contributed by atoms with Crippen molar-refractivity contribution < 1.29 is 0 Å². The normalized spacial score (nSPS) is 11.7. The van der Waals surface area contributed by atoms with Crippen molar-refractivity contribution in [2.75, 3.05) is 13.6 Å². The summed E-state index contributed by atoms with van der Waals surface area (Å²) in [5, 5.41) is 1.44. The summed E-state index contributed by atoms with van der Waals surface area (Å²) in [6.07, 6.45) is 1.11. The van der Waals surface area contributed by atoms with Gasteiger partial charge >= 0.3 is 0 Å². The van der Waals surface area contributed by atoms with Gasteiger partial charge < -0.3 is 9.47 Å². The van der Waals surface area contributed by atoms with Crippen LogP contribution in [0.15, 0.2) is 18.2 Å². The van der Waals surface area contributed by atoms with E-state index in [-0.39, 0.29) is 0 Å². The SMILES string of the molecule is CCc1c(CN(C)CC)c2cc(C)ccc2n1CC. The van der Waals surface area contributed by atoms with Crippen molar-refractivity contribution in [1.82, 2.24) is 9.47 Å². The number of rotatable bonds is 5. The van der Waals surface area contributed by atoms with Gasteiger partial charge in [0.15, 0.2) is 0 Å².